The lowest BCUT2D eigenvalue weighted by molar-refractivity contribution is 0.670. The molecule has 0 spiro atoms. The Hall–Kier alpha value is -7.69. The minimum Gasteiger partial charge on any atom is -0.455 e. The van der Waals surface area contributed by atoms with Crippen molar-refractivity contribution in [2.45, 2.75) is 0 Å². The first-order chi connectivity index (χ1) is 28.2. The Labute approximate surface area is 329 Å². The van der Waals surface area contributed by atoms with Crippen molar-refractivity contribution in [3.8, 4) is 67.5 Å². The van der Waals surface area contributed by atoms with E-state index in [1.165, 1.54) is 32.8 Å². The van der Waals surface area contributed by atoms with E-state index in [0.717, 1.165) is 60.7 Å². The smallest absolute Gasteiger partial charge is 0.164 e. The predicted octanol–water partition coefficient (Wildman–Crippen LogP) is 14.1. The fourth-order valence-corrected chi connectivity index (χ4v) is 8.09. The van der Waals surface area contributed by atoms with E-state index in [1.807, 2.05) is 18.2 Å². The van der Waals surface area contributed by atoms with Crippen molar-refractivity contribution >= 4 is 43.5 Å². The van der Waals surface area contributed by atoms with Crippen LogP contribution in [0.1, 0.15) is 0 Å². The Balaban J connectivity index is 1.06. The topological polar surface area (TPSA) is 51.8 Å². The molecule has 9 aromatic carbocycles. The third-order valence-corrected chi connectivity index (χ3v) is 11.0. The van der Waals surface area contributed by atoms with Crippen LogP contribution in [0.3, 0.4) is 0 Å². The quantitative estimate of drug-likeness (QED) is 0.171. The van der Waals surface area contributed by atoms with E-state index < -0.39 is 0 Å². The van der Waals surface area contributed by atoms with Gasteiger partial charge in [0.1, 0.15) is 11.2 Å². The number of furan rings is 1. The molecule has 0 fully saturated rings. The average Bonchev–Trinajstić information content (AvgIpc) is 3.68. The molecular weight excluding hydrogens is 695 g/mol. The third-order valence-electron chi connectivity index (χ3n) is 11.0. The number of hydrogen-bond donors (Lipinski definition) is 0. The molecule has 0 saturated carbocycles. The lowest BCUT2D eigenvalue weighted by atomic mass is 9.97. The third kappa shape index (κ3) is 5.83. The largest absolute Gasteiger partial charge is 0.455 e. The summed E-state index contributed by atoms with van der Waals surface area (Å²) >= 11 is 0. The van der Waals surface area contributed by atoms with E-state index in [9.17, 15) is 0 Å². The molecule has 57 heavy (non-hydrogen) atoms. The SMILES string of the molecule is c1ccc(-c2ccc(-c3cccc4c3oc3cccc(-c5nc(-c6ccc(-c7cccc8ccccc78)cc6)nc(-c6ccc7ccccc7c6)n5)c34)cc2)cc1. The lowest BCUT2D eigenvalue weighted by Crippen LogP contribution is -2.00. The number of para-hydroxylation sites is 1. The van der Waals surface area contributed by atoms with Crippen molar-refractivity contribution in [2.75, 3.05) is 0 Å². The minimum absolute atomic E-state index is 0.590. The molecule has 266 valence electrons. The zero-order valence-electron chi connectivity index (χ0n) is 30.8. The maximum absolute atomic E-state index is 6.71. The molecule has 0 unspecified atom stereocenters. The molecule has 0 atom stereocenters. The predicted molar refractivity (Wildman–Crippen MR) is 235 cm³/mol. The van der Waals surface area contributed by atoms with Gasteiger partial charge in [0.25, 0.3) is 0 Å². The lowest BCUT2D eigenvalue weighted by Gasteiger charge is -2.11. The Morgan fingerprint density at radius 3 is 1.65 bits per heavy atom. The highest BCUT2D eigenvalue weighted by atomic mass is 16.3. The molecule has 0 amide bonds. The van der Waals surface area contributed by atoms with Crippen LogP contribution in [-0.4, -0.2) is 15.0 Å². The second-order valence-corrected chi connectivity index (χ2v) is 14.4. The van der Waals surface area contributed by atoms with Gasteiger partial charge in [0.2, 0.25) is 0 Å². The normalized spacial score (nSPS) is 11.5. The molecule has 0 aliphatic rings. The Bertz CT molecular complexity index is 3270. The fourth-order valence-electron chi connectivity index (χ4n) is 8.09. The number of hydrogen-bond acceptors (Lipinski definition) is 4. The van der Waals surface area contributed by atoms with Crippen LogP contribution in [0.25, 0.3) is 111 Å². The van der Waals surface area contributed by atoms with Gasteiger partial charge in [-0.1, -0.05) is 188 Å². The first-order valence-corrected chi connectivity index (χ1v) is 19.2. The van der Waals surface area contributed by atoms with E-state index in [0.29, 0.717) is 17.5 Å². The van der Waals surface area contributed by atoms with Crippen LogP contribution < -0.4 is 0 Å². The van der Waals surface area contributed by atoms with Crippen LogP contribution in [0.5, 0.6) is 0 Å². The molecule has 0 bridgehead atoms. The van der Waals surface area contributed by atoms with E-state index in [1.54, 1.807) is 0 Å². The van der Waals surface area contributed by atoms with Gasteiger partial charge < -0.3 is 4.42 Å². The van der Waals surface area contributed by atoms with Crippen molar-refractivity contribution in [2.24, 2.45) is 0 Å². The standard InChI is InChI=1S/C53H33N3O/c1-2-11-34(12-3-1)36-23-26-39(27-24-36)45-19-9-20-46-49-47(21-10-22-48(49)57-50(45)46)53-55-51(54-52(56-53)42-32-25-35-13-4-5-15-41(35)33-42)40-30-28-38(29-31-40)44-18-8-16-37-14-6-7-17-43(37)44/h1-33H. The number of rotatable bonds is 6. The molecule has 4 heteroatoms. The molecule has 0 N–H and O–H groups in total. The summed E-state index contributed by atoms with van der Waals surface area (Å²) in [5, 5.41) is 6.73. The van der Waals surface area contributed by atoms with Gasteiger partial charge in [-0.05, 0) is 61.5 Å². The summed E-state index contributed by atoms with van der Waals surface area (Å²) in [4.78, 5) is 15.5. The monoisotopic (exact) mass is 727 g/mol. The zero-order valence-corrected chi connectivity index (χ0v) is 30.8. The number of fused-ring (bicyclic) bond motifs is 5. The van der Waals surface area contributed by atoms with Crippen LogP contribution >= 0.6 is 0 Å². The number of nitrogens with zero attached hydrogens (tertiary/aromatic N) is 3. The fraction of sp³-hybridized carbons (Fsp3) is 0. The second kappa shape index (κ2) is 13.6. The summed E-state index contributed by atoms with van der Waals surface area (Å²) in [7, 11) is 0. The molecule has 0 aliphatic carbocycles. The van der Waals surface area contributed by atoms with Gasteiger partial charge in [0.05, 0.1) is 0 Å². The number of benzene rings is 9. The Morgan fingerprint density at radius 2 is 0.825 bits per heavy atom. The van der Waals surface area contributed by atoms with Crippen LogP contribution in [0, 0.1) is 0 Å². The highest BCUT2D eigenvalue weighted by Gasteiger charge is 2.20. The Morgan fingerprint density at radius 1 is 0.298 bits per heavy atom. The van der Waals surface area contributed by atoms with Crippen molar-refractivity contribution in [1.29, 1.82) is 0 Å². The Kier molecular flexibility index (Phi) is 7.78. The second-order valence-electron chi connectivity index (χ2n) is 14.4. The first kappa shape index (κ1) is 32.7. The molecular formula is C53H33N3O. The summed E-state index contributed by atoms with van der Waals surface area (Å²) in [5.74, 6) is 1.81. The van der Waals surface area contributed by atoms with Gasteiger partial charge in [0.15, 0.2) is 17.5 Å². The van der Waals surface area contributed by atoms with E-state index in [2.05, 4.69) is 182 Å². The highest BCUT2D eigenvalue weighted by Crippen LogP contribution is 2.41. The molecule has 11 aromatic rings. The summed E-state index contributed by atoms with van der Waals surface area (Å²) < 4.78 is 6.71. The van der Waals surface area contributed by atoms with Gasteiger partial charge in [-0.15, -0.1) is 0 Å². The van der Waals surface area contributed by atoms with Crippen LogP contribution in [0.2, 0.25) is 0 Å². The molecule has 4 nitrogen and oxygen atoms in total. The van der Waals surface area contributed by atoms with Gasteiger partial charge in [-0.2, -0.15) is 0 Å². The molecule has 0 saturated heterocycles. The van der Waals surface area contributed by atoms with E-state index >= 15 is 0 Å². The molecule has 0 radical (unpaired) electrons. The van der Waals surface area contributed by atoms with Crippen molar-refractivity contribution < 1.29 is 4.42 Å². The zero-order chi connectivity index (χ0) is 37.7. The average molecular weight is 728 g/mol. The maximum atomic E-state index is 6.71. The molecule has 0 aliphatic heterocycles. The highest BCUT2D eigenvalue weighted by molar-refractivity contribution is 6.15. The molecule has 11 rings (SSSR count). The summed E-state index contributed by atoms with van der Waals surface area (Å²) in [6.07, 6.45) is 0. The summed E-state index contributed by atoms with van der Waals surface area (Å²) in [5.41, 5.74) is 11.2. The van der Waals surface area contributed by atoms with E-state index in [4.69, 9.17) is 19.4 Å². The van der Waals surface area contributed by atoms with Crippen LogP contribution in [0.4, 0.5) is 0 Å². The van der Waals surface area contributed by atoms with Gasteiger partial charge in [-0.3, -0.25) is 0 Å². The van der Waals surface area contributed by atoms with E-state index in [-0.39, 0.29) is 0 Å². The van der Waals surface area contributed by atoms with Crippen molar-refractivity contribution in [3.05, 3.63) is 200 Å². The maximum Gasteiger partial charge on any atom is 0.164 e. The summed E-state index contributed by atoms with van der Waals surface area (Å²) in [6.45, 7) is 0. The first-order valence-electron chi connectivity index (χ1n) is 19.2. The van der Waals surface area contributed by atoms with Crippen molar-refractivity contribution in [1.82, 2.24) is 15.0 Å². The van der Waals surface area contributed by atoms with Crippen LogP contribution in [-0.2, 0) is 0 Å². The molecule has 2 aromatic heterocycles. The van der Waals surface area contributed by atoms with Gasteiger partial charge in [0, 0.05) is 33.0 Å². The van der Waals surface area contributed by atoms with Crippen molar-refractivity contribution in [3.63, 3.8) is 0 Å². The number of aromatic nitrogens is 3. The minimum atomic E-state index is 0.590. The summed E-state index contributed by atoms with van der Waals surface area (Å²) in [6, 6.07) is 69.9. The van der Waals surface area contributed by atoms with Gasteiger partial charge in [-0.25, -0.2) is 15.0 Å². The van der Waals surface area contributed by atoms with Gasteiger partial charge >= 0.3 is 0 Å². The van der Waals surface area contributed by atoms with Crippen LogP contribution in [0.15, 0.2) is 205 Å². The molecule has 2 heterocycles.